The van der Waals surface area contributed by atoms with Gasteiger partial charge in [0.1, 0.15) is 11.6 Å². The van der Waals surface area contributed by atoms with Gasteiger partial charge < -0.3 is 4.57 Å². The molecule has 19 heavy (non-hydrogen) atoms. The fourth-order valence-electron chi connectivity index (χ4n) is 1.55. The van der Waals surface area contributed by atoms with Crippen LogP contribution in [-0.2, 0) is 23.6 Å². The molecule has 0 fully saturated rings. The Morgan fingerprint density at radius 1 is 1.37 bits per heavy atom. The Hall–Kier alpha value is -1.74. The minimum Gasteiger partial charge on any atom is -0.337 e. The standard InChI is InChI=1S/C10H16N6O2S/c1-7-11-9(14-13-7)5-16(4)19(17,18)10-6-15(3)8(2)12-10/h6H,5H2,1-4H3,(H,11,13,14). The monoisotopic (exact) mass is 284 g/mol. The molecular formula is C10H16N6O2S. The van der Waals surface area contributed by atoms with Crippen LogP contribution in [-0.4, -0.2) is 44.5 Å². The van der Waals surface area contributed by atoms with Crippen LogP contribution in [0.4, 0.5) is 0 Å². The number of H-pyrrole nitrogens is 1. The molecule has 0 unspecified atom stereocenters. The highest BCUT2D eigenvalue weighted by molar-refractivity contribution is 7.89. The predicted octanol–water partition coefficient (Wildman–Crippen LogP) is -0.0243. The summed E-state index contributed by atoms with van der Waals surface area (Å²) in [5.74, 6) is 1.71. The van der Waals surface area contributed by atoms with E-state index in [1.165, 1.54) is 17.5 Å². The van der Waals surface area contributed by atoms with Crippen LogP contribution in [0.3, 0.4) is 0 Å². The molecule has 0 bridgehead atoms. The predicted molar refractivity (Wildman–Crippen MR) is 67.7 cm³/mol. The van der Waals surface area contributed by atoms with Crippen molar-refractivity contribution in [2.75, 3.05) is 7.05 Å². The molecule has 0 spiro atoms. The number of aromatic nitrogens is 5. The Kier molecular flexibility index (Phi) is 3.42. The van der Waals surface area contributed by atoms with E-state index in [-0.39, 0.29) is 11.6 Å². The molecular weight excluding hydrogens is 268 g/mol. The van der Waals surface area contributed by atoms with Gasteiger partial charge in [-0.15, -0.1) is 0 Å². The van der Waals surface area contributed by atoms with E-state index in [4.69, 9.17) is 0 Å². The summed E-state index contributed by atoms with van der Waals surface area (Å²) in [6, 6.07) is 0. The van der Waals surface area contributed by atoms with Crippen molar-refractivity contribution in [1.82, 2.24) is 29.0 Å². The number of nitrogens with zero attached hydrogens (tertiary/aromatic N) is 5. The molecule has 0 aliphatic heterocycles. The van der Waals surface area contributed by atoms with Crippen LogP contribution >= 0.6 is 0 Å². The van der Waals surface area contributed by atoms with E-state index >= 15 is 0 Å². The van der Waals surface area contributed by atoms with Crippen LogP contribution in [0, 0.1) is 13.8 Å². The second kappa shape index (κ2) is 4.74. The number of rotatable bonds is 4. The maximum atomic E-state index is 12.3. The topological polar surface area (TPSA) is 96.8 Å². The van der Waals surface area contributed by atoms with Crippen molar-refractivity contribution >= 4 is 10.0 Å². The number of hydrogen-bond donors (Lipinski definition) is 1. The quantitative estimate of drug-likeness (QED) is 0.850. The van der Waals surface area contributed by atoms with E-state index in [0.717, 1.165) is 0 Å². The summed E-state index contributed by atoms with van der Waals surface area (Å²) in [6.45, 7) is 3.60. The fraction of sp³-hybridized carbons (Fsp3) is 0.500. The zero-order chi connectivity index (χ0) is 14.2. The first-order valence-electron chi connectivity index (χ1n) is 5.65. The Morgan fingerprint density at radius 2 is 2.05 bits per heavy atom. The van der Waals surface area contributed by atoms with Crippen LogP contribution in [0.2, 0.25) is 0 Å². The van der Waals surface area contributed by atoms with Crippen molar-refractivity contribution in [3.05, 3.63) is 23.7 Å². The largest absolute Gasteiger partial charge is 0.337 e. The number of nitrogens with one attached hydrogen (secondary N) is 1. The molecule has 2 rings (SSSR count). The average molecular weight is 284 g/mol. The van der Waals surface area contributed by atoms with Gasteiger partial charge in [0.15, 0.2) is 10.9 Å². The van der Waals surface area contributed by atoms with E-state index in [1.54, 1.807) is 25.5 Å². The summed E-state index contributed by atoms with van der Waals surface area (Å²) in [7, 11) is -0.395. The SMILES string of the molecule is Cc1nc(CN(C)S(=O)(=O)c2cn(C)c(C)n2)n[nH]1. The van der Waals surface area contributed by atoms with E-state index in [9.17, 15) is 8.42 Å². The molecule has 9 heteroatoms. The van der Waals surface area contributed by atoms with Crippen molar-refractivity contribution in [2.24, 2.45) is 7.05 Å². The minimum atomic E-state index is -3.62. The van der Waals surface area contributed by atoms with Gasteiger partial charge in [-0.3, -0.25) is 5.10 Å². The second-order valence-electron chi connectivity index (χ2n) is 4.34. The molecule has 2 heterocycles. The number of hydrogen-bond acceptors (Lipinski definition) is 5. The van der Waals surface area contributed by atoms with Crippen LogP contribution in [0.1, 0.15) is 17.5 Å². The van der Waals surface area contributed by atoms with Crippen molar-refractivity contribution in [3.63, 3.8) is 0 Å². The van der Waals surface area contributed by atoms with Crippen molar-refractivity contribution in [2.45, 2.75) is 25.4 Å². The normalized spacial score (nSPS) is 12.3. The van der Waals surface area contributed by atoms with Gasteiger partial charge in [0, 0.05) is 20.3 Å². The van der Waals surface area contributed by atoms with E-state index in [2.05, 4.69) is 20.2 Å². The van der Waals surface area contributed by atoms with Crippen molar-refractivity contribution in [1.29, 1.82) is 0 Å². The number of aryl methyl sites for hydroxylation is 3. The highest BCUT2D eigenvalue weighted by Gasteiger charge is 2.25. The van der Waals surface area contributed by atoms with E-state index in [1.807, 2.05) is 0 Å². The van der Waals surface area contributed by atoms with Crippen molar-refractivity contribution in [3.8, 4) is 0 Å². The van der Waals surface area contributed by atoms with Gasteiger partial charge >= 0.3 is 0 Å². The Bertz CT molecular complexity index is 667. The molecule has 104 valence electrons. The molecule has 0 saturated heterocycles. The highest BCUT2D eigenvalue weighted by atomic mass is 32.2. The average Bonchev–Trinajstić information content (AvgIpc) is 2.87. The summed E-state index contributed by atoms with van der Waals surface area (Å²) in [5.41, 5.74) is 0. The van der Waals surface area contributed by atoms with E-state index < -0.39 is 10.0 Å². The van der Waals surface area contributed by atoms with Gasteiger partial charge in [0.2, 0.25) is 0 Å². The van der Waals surface area contributed by atoms with Crippen LogP contribution in [0.15, 0.2) is 11.2 Å². The molecule has 2 aromatic rings. The molecule has 0 aromatic carbocycles. The molecule has 2 aromatic heterocycles. The first-order valence-corrected chi connectivity index (χ1v) is 7.09. The molecule has 0 saturated carbocycles. The lowest BCUT2D eigenvalue weighted by atomic mass is 10.6. The third kappa shape index (κ3) is 2.66. The van der Waals surface area contributed by atoms with Gasteiger partial charge in [-0.05, 0) is 13.8 Å². The summed E-state index contributed by atoms with van der Waals surface area (Å²) in [5, 5.41) is 6.62. The van der Waals surface area contributed by atoms with Gasteiger partial charge in [0.05, 0.1) is 6.54 Å². The smallest absolute Gasteiger partial charge is 0.262 e. The lowest BCUT2D eigenvalue weighted by Gasteiger charge is -2.13. The number of aromatic amines is 1. The maximum Gasteiger partial charge on any atom is 0.262 e. The third-order valence-electron chi connectivity index (χ3n) is 2.77. The summed E-state index contributed by atoms with van der Waals surface area (Å²) < 4.78 is 27.4. The Balaban J connectivity index is 2.24. The first-order chi connectivity index (χ1) is 8.80. The van der Waals surface area contributed by atoms with E-state index in [0.29, 0.717) is 17.5 Å². The van der Waals surface area contributed by atoms with Gasteiger partial charge in [-0.25, -0.2) is 18.4 Å². The zero-order valence-electron chi connectivity index (χ0n) is 11.2. The van der Waals surface area contributed by atoms with Gasteiger partial charge in [0.25, 0.3) is 10.0 Å². The molecule has 8 nitrogen and oxygen atoms in total. The second-order valence-corrected chi connectivity index (χ2v) is 6.33. The Labute approximate surface area is 111 Å². The van der Waals surface area contributed by atoms with Gasteiger partial charge in [-0.1, -0.05) is 0 Å². The van der Waals surface area contributed by atoms with Crippen molar-refractivity contribution < 1.29 is 8.42 Å². The highest BCUT2D eigenvalue weighted by Crippen LogP contribution is 2.14. The molecule has 0 atom stereocenters. The zero-order valence-corrected chi connectivity index (χ0v) is 12.1. The lowest BCUT2D eigenvalue weighted by Crippen LogP contribution is -2.27. The summed E-state index contributed by atoms with van der Waals surface area (Å²) in [4.78, 5) is 8.12. The number of imidazole rings is 1. The third-order valence-corrected chi connectivity index (χ3v) is 4.44. The molecule has 0 aliphatic carbocycles. The molecule has 1 N–H and O–H groups in total. The Morgan fingerprint density at radius 3 is 2.53 bits per heavy atom. The molecule has 0 amide bonds. The minimum absolute atomic E-state index is 0.0299. The van der Waals surface area contributed by atoms with Crippen LogP contribution in [0.5, 0.6) is 0 Å². The molecule has 0 aliphatic rings. The lowest BCUT2D eigenvalue weighted by molar-refractivity contribution is 0.454. The van der Waals surface area contributed by atoms with Crippen LogP contribution in [0.25, 0.3) is 0 Å². The molecule has 0 radical (unpaired) electrons. The maximum absolute atomic E-state index is 12.3. The van der Waals surface area contributed by atoms with Gasteiger partial charge in [-0.2, -0.15) is 9.40 Å². The van der Waals surface area contributed by atoms with Crippen LogP contribution < -0.4 is 0 Å². The first kappa shape index (κ1) is 13.7. The fourth-order valence-corrected chi connectivity index (χ4v) is 2.70. The summed E-state index contributed by atoms with van der Waals surface area (Å²) >= 11 is 0. The summed E-state index contributed by atoms with van der Waals surface area (Å²) in [6.07, 6.45) is 1.49. The number of sulfonamides is 1.